The molecule has 3 heterocycles. The normalized spacial score (nSPS) is 14.6. The molecule has 0 bridgehead atoms. The first kappa shape index (κ1) is 19.2. The zero-order valence-electron chi connectivity index (χ0n) is 15.8. The summed E-state index contributed by atoms with van der Waals surface area (Å²) in [6.07, 6.45) is 0. The van der Waals surface area contributed by atoms with Crippen LogP contribution in [0.3, 0.4) is 0 Å². The summed E-state index contributed by atoms with van der Waals surface area (Å²) in [6, 6.07) is 9.47. The molecule has 1 fully saturated rings. The van der Waals surface area contributed by atoms with E-state index in [1.54, 1.807) is 9.47 Å². The van der Waals surface area contributed by atoms with Gasteiger partial charge in [-0.05, 0) is 31.5 Å². The molecule has 2 aromatic heterocycles. The van der Waals surface area contributed by atoms with Gasteiger partial charge in [0.25, 0.3) is 5.56 Å². The van der Waals surface area contributed by atoms with Gasteiger partial charge in [-0.2, -0.15) is 0 Å². The van der Waals surface area contributed by atoms with Gasteiger partial charge in [-0.15, -0.1) is 11.3 Å². The highest BCUT2D eigenvalue weighted by atomic mass is 32.2. The van der Waals surface area contributed by atoms with Crippen LogP contribution in [0.25, 0.3) is 15.9 Å². The van der Waals surface area contributed by atoms with Gasteiger partial charge in [0.1, 0.15) is 4.83 Å². The molecule has 146 valence electrons. The number of rotatable bonds is 4. The molecule has 0 saturated carbocycles. The lowest BCUT2D eigenvalue weighted by molar-refractivity contribution is -0.132. The molecule has 0 unspecified atom stereocenters. The van der Waals surface area contributed by atoms with Crippen molar-refractivity contribution in [3.63, 3.8) is 0 Å². The fourth-order valence-electron chi connectivity index (χ4n) is 3.21. The van der Waals surface area contributed by atoms with Gasteiger partial charge in [0.15, 0.2) is 5.16 Å². The molecule has 1 aromatic carbocycles. The third-order valence-electron chi connectivity index (χ3n) is 4.88. The SMILES string of the molecule is Cc1sc2nc(SCC(=O)N3CCOCC3)n(-c3ccccc3)c(=O)c2c1C. The number of aryl methyl sites for hydroxylation is 2. The first-order valence-corrected chi connectivity index (χ1v) is 10.9. The second-order valence-corrected chi connectivity index (χ2v) is 8.76. The molecule has 1 aliphatic rings. The van der Waals surface area contributed by atoms with E-state index in [-0.39, 0.29) is 17.2 Å². The standard InChI is InChI=1S/C20H21N3O3S2/c1-13-14(2)28-18-17(13)19(25)23(15-6-4-3-5-7-15)20(21-18)27-12-16(24)22-8-10-26-11-9-22/h3-7H,8-12H2,1-2H3. The minimum Gasteiger partial charge on any atom is -0.378 e. The second-order valence-electron chi connectivity index (χ2n) is 6.62. The Labute approximate surface area is 171 Å². The van der Waals surface area contributed by atoms with Crippen molar-refractivity contribution in [3.8, 4) is 5.69 Å². The monoisotopic (exact) mass is 415 g/mol. The molecular weight excluding hydrogens is 394 g/mol. The number of carbonyl (C=O) groups excluding carboxylic acids is 1. The Balaban J connectivity index is 1.74. The van der Waals surface area contributed by atoms with E-state index in [2.05, 4.69) is 0 Å². The summed E-state index contributed by atoms with van der Waals surface area (Å²) in [5.74, 6) is 0.287. The molecule has 1 aliphatic heterocycles. The van der Waals surface area contributed by atoms with Crippen molar-refractivity contribution in [3.05, 3.63) is 51.1 Å². The Morgan fingerprint density at radius 1 is 1.21 bits per heavy atom. The molecule has 8 heteroatoms. The Bertz CT molecular complexity index is 1070. The zero-order valence-corrected chi connectivity index (χ0v) is 17.4. The third-order valence-corrected chi connectivity index (χ3v) is 6.90. The number of thioether (sulfide) groups is 1. The number of hydrogen-bond donors (Lipinski definition) is 0. The van der Waals surface area contributed by atoms with Crippen LogP contribution in [0, 0.1) is 13.8 Å². The number of para-hydroxylation sites is 1. The molecule has 28 heavy (non-hydrogen) atoms. The summed E-state index contributed by atoms with van der Waals surface area (Å²) in [5.41, 5.74) is 1.65. The number of benzene rings is 1. The van der Waals surface area contributed by atoms with Crippen LogP contribution in [0.15, 0.2) is 40.3 Å². The molecule has 1 saturated heterocycles. The summed E-state index contributed by atoms with van der Waals surface area (Å²) in [7, 11) is 0. The maximum Gasteiger partial charge on any atom is 0.267 e. The summed E-state index contributed by atoms with van der Waals surface area (Å²) in [5, 5.41) is 1.21. The summed E-state index contributed by atoms with van der Waals surface area (Å²) >= 11 is 2.84. The van der Waals surface area contributed by atoms with Gasteiger partial charge in [0.05, 0.1) is 30.0 Å². The zero-order chi connectivity index (χ0) is 19.7. The van der Waals surface area contributed by atoms with Gasteiger partial charge in [-0.3, -0.25) is 14.2 Å². The van der Waals surface area contributed by atoms with Crippen LogP contribution < -0.4 is 5.56 Å². The van der Waals surface area contributed by atoms with Crippen molar-refractivity contribution in [2.75, 3.05) is 32.1 Å². The van der Waals surface area contributed by atoms with Crippen molar-refractivity contribution in [1.82, 2.24) is 14.5 Å². The fraction of sp³-hybridized carbons (Fsp3) is 0.350. The van der Waals surface area contributed by atoms with Crippen molar-refractivity contribution >= 4 is 39.2 Å². The topological polar surface area (TPSA) is 64.4 Å². The van der Waals surface area contributed by atoms with E-state index in [0.29, 0.717) is 36.8 Å². The predicted octanol–water partition coefficient (Wildman–Crippen LogP) is 3.01. The van der Waals surface area contributed by atoms with Crippen molar-refractivity contribution < 1.29 is 9.53 Å². The predicted molar refractivity (Wildman–Crippen MR) is 113 cm³/mol. The van der Waals surface area contributed by atoms with E-state index < -0.39 is 0 Å². The Kier molecular flexibility index (Phi) is 5.52. The lowest BCUT2D eigenvalue weighted by atomic mass is 10.2. The van der Waals surface area contributed by atoms with Crippen LogP contribution in [-0.2, 0) is 9.53 Å². The number of morpholine rings is 1. The highest BCUT2D eigenvalue weighted by Gasteiger charge is 2.21. The third kappa shape index (κ3) is 3.59. The number of carbonyl (C=O) groups is 1. The van der Waals surface area contributed by atoms with Crippen LogP contribution in [0.5, 0.6) is 0 Å². The van der Waals surface area contributed by atoms with Gasteiger partial charge >= 0.3 is 0 Å². The lowest BCUT2D eigenvalue weighted by Gasteiger charge is -2.26. The number of ether oxygens (including phenoxy) is 1. The number of thiophene rings is 1. The average molecular weight is 416 g/mol. The highest BCUT2D eigenvalue weighted by Crippen LogP contribution is 2.29. The summed E-state index contributed by atoms with van der Waals surface area (Å²) < 4.78 is 6.93. The van der Waals surface area contributed by atoms with E-state index in [1.807, 2.05) is 44.2 Å². The summed E-state index contributed by atoms with van der Waals surface area (Å²) in [6.45, 7) is 6.33. The largest absolute Gasteiger partial charge is 0.378 e. The number of hydrogen-bond acceptors (Lipinski definition) is 6. The van der Waals surface area contributed by atoms with E-state index in [0.717, 1.165) is 21.0 Å². The number of nitrogens with zero attached hydrogens (tertiary/aromatic N) is 3. The van der Waals surface area contributed by atoms with Crippen LogP contribution in [0.2, 0.25) is 0 Å². The minimum absolute atomic E-state index is 0.0424. The molecule has 3 aromatic rings. The molecule has 0 N–H and O–H groups in total. The molecule has 0 aliphatic carbocycles. The molecule has 6 nitrogen and oxygen atoms in total. The highest BCUT2D eigenvalue weighted by molar-refractivity contribution is 7.99. The summed E-state index contributed by atoms with van der Waals surface area (Å²) in [4.78, 5) is 34.3. The molecule has 1 amide bonds. The van der Waals surface area contributed by atoms with Crippen LogP contribution in [0.4, 0.5) is 0 Å². The Hall–Kier alpha value is -2.16. The second kappa shape index (κ2) is 8.06. The van der Waals surface area contributed by atoms with Gasteiger partial charge in [-0.25, -0.2) is 4.98 Å². The molecule has 0 atom stereocenters. The van der Waals surface area contributed by atoms with Crippen molar-refractivity contribution in [1.29, 1.82) is 0 Å². The quantitative estimate of drug-likeness (QED) is 0.484. The van der Waals surface area contributed by atoms with Crippen LogP contribution in [0.1, 0.15) is 10.4 Å². The number of fused-ring (bicyclic) bond motifs is 1. The van der Waals surface area contributed by atoms with Crippen molar-refractivity contribution in [2.24, 2.45) is 0 Å². The first-order chi connectivity index (χ1) is 13.6. The number of aromatic nitrogens is 2. The lowest BCUT2D eigenvalue weighted by Crippen LogP contribution is -2.41. The van der Waals surface area contributed by atoms with Gasteiger partial charge in [0, 0.05) is 18.0 Å². The van der Waals surface area contributed by atoms with Gasteiger partial charge < -0.3 is 9.64 Å². The van der Waals surface area contributed by atoms with Gasteiger partial charge in [0.2, 0.25) is 5.91 Å². The van der Waals surface area contributed by atoms with Gasteiger partial charge in [-0.1, -0.05) is 30.0 Å². The number of amides is 1. The maximum absolute atomic E-state index is 13.3. The van der Waals surface area contributed by atoms with E-state index >= 15 is 0 Å². The first-order valence-electron chi connectivity index (χ1n) is 9.12. The molecular formula is C20H21N3O3S2. The average Bonchev–Trinajstić information content (AvgIpc) is 3.01. The maximum atomic E-state index is 13.3. The van der Waals surface area contributed by atoms with Crippen LogP contribution >= 0.6 is 23.1 Å². The van der Waals surface area contributed by atoms with E-state index in [4.69, 9.17) is 9.72 Å². The smallest absolute Gasteiger partial charge is 0.267 e. The fourth-order valence-corrected chi connectivity index (χ4v) is 5.19. The minimum atomic E-state index is -0.0839. The Morgan fingerprint density at radius 2 is 1.93 bits per heavy atom. The molecule has 0 radical (unpaired) electrons. The van der Waals surface area contributed by atoms with E-state index in [9.17, 15) is 9.59 Å². The molecule has 4 rings (SSSR count). The Morgan fingerprint density at radius 3 is 2.64 bits per heavy atom. The van der Waals surface area contributed by atoms with E-state index in [1.165, 1.54) is 23.1 Å². The van der Waals surface area contributed by atoms with Crippen molar-refractivity contribution in [2.45, 2.75) is 19.0 Å². The van der Waals surface area contributed by atoms with Crippen LogP contribution in [-0.4, -0.2) is 52.4 Å². The molecule has 0 spiro atoms.